The maximum atomic E-state index is 12.3. The van der Waals surface area contributed by atoms with Crippen molar-refractivity contribution >= 4 is 29.1 Å². The number of hydrogen-bond donors (Lipinski definition) is 1. The molecule has 2 aromatic rings. The van der Waals surface area contributed by atoms with E-state index in [1.807, 2.05) is 51.1 Å². The Morgan fingerprint density at radius 2 is 1.82 bits per heavy atom. The first kappa shape index (κ1) is 21.6. The van der Waals surface area contributed by atoms with Gasteiger partial charge in [-0.1, -0.05) is 30.3 Å². The zero-order valence-electron chi connectivity index (χ0n) is 16.7. The van der Waals surface area contributed by atoms with Gasteiger partial charge in [0.05, 0.1) is 12.2 Å². The summed E-state index contributed by atoms with van der Waals surface area (Å²) in [7, 11) is 1.49. The highest BCUT2D eigenvalue weighted by Crippen LogP contribution is 2.28. The molecule has 7 nitrogen and oxygen atoms in total. The molecule has 0 bridgehead atoms. The van der Waals surface area contributed by atoms with E-state index in [2.05, 4.69) is 10.3 Å². The van der Waals surface area contributed by atoms with Crippen molar-refractivity contribution < 1.29 is 19.1 Å². The fraction of sp³-hybridized carbons (Fsp3) is 0.400. The van der Waals surface area contributed by atoms with Gasteiger partial charge in [-0.05, 0) is 27.7 Å². The highest BCUT2D eigenvalue weighted by Gasteiger charge is 2.21. The summed E-state index contributed by atoms with van der Waals surface area (Å²) in [6.45, 7) is 6.76. The molecule has 0 unspecified atom stereocenters. The minimum atomic E-state index is -0.599. The molecular formula is C20H25N3O4S. The Labute approximate surface area is 168 Å². The molecule has 1 N–H and O–H groups in total. The quantitative estimate of drug-likeness (QED) is 0.749. The first-order valence-corrected chi connectivity index (χ1v) is 9.63. The minimum absolute atomic E-state index is 0.106. The number of likely N-dealkylation sites (N-methyl/N-ethyl adjacent to an activating group) is 1. The van der Waals surface area contributed by atoms with Gasteiger partial charge in [0.2, 0.25) is 5.91 Å². The van der Waals surface area contributed by atoms with Gasteiger partial charge in [0, 0.05) is 18.2 Å². The van der Waals surface area contributed by atoms with E-state index in [0.29, 0.717) is 15.6 Å². The molecule has 2 amide bonds. The van der Waals surface area contributed by atoms with Crippen molar-refractivity contribution in [3.63, 3.8) is 0 Å². The van der Waals surface area contributed by atoms with E-state index >= 15 is 0 Å². The molecule has 1 aromatic heterocycles. The van der Waals surface area contributed by atoms with Crippen LogP contribution in [0.4, 0.5) is 0 Å². The largest absolute Gasteiger partial charge is 0.451 e. The molecule has 0 aliphatic rings. The van der Waals surface area contributed by atoms with Crippen molar-refractivity contribution in [3.05, 3.63) is 40.9 Å². The molecule has 2 rings (SSSR count). The summed E-state index contributed by atoms with van der Waals surface area (Å²) in [6.07, 6.45) is 0. The molecule has 0 fully saturated rings. The number of thiazole rings is 1. The average molecular weight is 404 g/mol. The summed E-state index contributed by atoms with van der Waals surface area (Å²) in [5, 5.41) is 3.49. The van der Waals surface area contributed by atoms with Crippen LogP contribution in [-0.2, 0) is 14.3 Å². The Morgan fingerprint density at radius 1 is 1.18 bits per heavy atom. The van der Waals surface area contributed by atoms with Crippen LogP contribution in [0.3, 0.4) is 0 Å². The second-order valence-corrected chi connectivity index (χ2v) is 8.42. The van der Waals surface area contributed by atoms with Gasteiger partial charge < -0.3 is 15.0 Å². The Hall–Kier alpha value is -2.74. The number of aromatic nitrogens is 1. The lowest BCUT2D eigenvalue weighted by Gasteiger charge is -2.23. The van der Waals surface area contributed by atoms with Crippen molar-refractivity contribution in [2.75, 3.05) is 20.2 Å². The van der Waals surface area contributed by atoms with Crippen LogP contribution >= 0.6 is 11.3 Å². The van der Waals surface area contributed by atoms with Crippen LogP contribution in [0.25, 0.3) is 10.6 Å². The van der Waals surface area contributed by atoms with Gasteiger partial charge in [0.25, 0.3) is 5.91 Å². The maximum absolute atomic E-state index is 12.3. The van der Waals surface area contributed by atoms with Crippen molar-refractivity contribution in [1.29, 1.82) is 0 Å². The zero-order chi connectivity index (χ0) is 20.9. The second kappa shape index (κ2) is 8.97. The van der Waals surface area contributed by atoms with E-state index in [-0.39, 0.29) is 18.0 Å². The van der Waals surface area contributed by atoms with E-state index < -0.39 is 18.5 Å². The summed E-state index contributed by atoms with van der Waals surface area (Å²) >= 11 is 1.22. The zero-order valence-corrected chi connectivity index (χ0v) is 17.6. The van der Waals surface area contributed by atoms with Crippen LogP contribution in [0.5, 0.6) is 0 Å². The van der Waals surface area contributed by atoms with E-state index in [1.54, 1.807) is 6.92 Å². The molecule has 8 heteroatoms. The fourth-order valence-electron chi connectivity index (χ4n) is 2.35. The summed E-state index contributed by atoms with van der Waals surface area (Å²) in [5.41, 5.74) is 1.09. The highest BCUT2D eigenvalue weighted by atomic mass is 32.1. The molecule has 28 heavy (non-hydrogen) atoms. The molecule has 1 heterocycles. The third-order valence-electron chi connectivity index (χ3n) is 3.65. The SMILES string of the molecule is Cc1nc(-c2ccccc2)sc1C(=O)OCC(=O)N(C)CC(=O)NC(C)(C)C. The molecule has 0 aliphatic heterocycles. The predicted molar refractivity (Wildman–Crippen MR) is 108 cm³/mol. The number of benzene rings is 1. The van der Waals surface area contributed by atoms with Crippen molar-refractivity contribution in [3.8, 4) is 10.6 Å². The number of carbonyl (C=O) groups excluding carboxylic acids is 3. The van der Waals surface area contributed by atoms with Gasteiger partial charge >= 0.3 is 5.97 Å². The molecule has 0 saturated carbocycles. The predicted octanol–water partition coefficient (Wildman–Crippen LogP) is 2.65. The van der Waals surface area contributed by atoms with E-state index in [0.717, 1.165) is 5.56 Å². The van der Waals surface area contributed by atoms with Gasteiger partial charge in [0.1, 0.15) is 9.88 Å². The van der Waals surface area contributed by atoms with Gasteiger partial charge in [-0.3, -0.25) is 9.59 Å². The van der Waals surface area contributed by atoms with Crippen LogP contribution in [0.1, 0.15) is 36.1 Å². The monoisotopic (exact) mass is 403 g/mol. The van der Waals surface area contributed by atoms with Crippen molar-refractivity contribution in [2.24, 2.45) is 0 Å². The molecule has 0 saturated heterocycles. The number of rotatable bonds is 6. The van der Waals surface area contributed by atoms with E-state index in [9.17, 15) is 14.4 Å². The molecule has 0 radical (unpaired) electrons. The number of esters is 1. The summed E-state index contributed by atoms with van der Waals surface area (Å²) in [6, 6.07) is 9.52. The Balaban J connectivity index is 1.92. The average Bonchev–Trinajstić information content (AvgIpc) is 3.00. The van der Waals surface area contributed by atoms with Gasteiger partial charge in [0.15, 0.2) is 6.61 Å². The molecular weight excluding hydrogens is 378 g/mol. The number of carbonyl (C=O) groups is 3. The Bertz CT molecular complexity index is 856. The van der Waals surface area contributed by atoms with Crippen LogP contribution < -0.4 is 5.32 Å². The second-order valence-electron chi connectivity index (χ2n) is 7.42. The van der Waals surface area contributed by atoms with Gasteiger partial charge in [-0.25, -0.2) is 9.78 Å². The number of hydrogen-bond acceptors (Lipinski definition) is 6. The van der Waals surface area contributed by atoms with Crippen LogP contribution in [0, 0.1) is 6.92 Å². The number of aryl methyl sites for hydroxylation is 1. The summed E-state index contributed by atoms with van der Waals surface area (Å²) < 4.78 is 5.13. The standard InChI is InChI=1S/C20H25N3O4S/c1-13-17(28-18(21-13)14-9-7-6-8-10-14)19(26)27-12-16(25)23(5)11-15(24)22-20(2,3)4/h6-10H,11-12H2,1-5H3,(H,22,24). The Morgan fingerprint density at radius 3 is 2.43 bits per heavy atom. The molecule has 0 atom stereocenters. The highest BCUT2D eigenvalue weighted by molar-refractivity contribution is 7.17. The number of nitrogens with zero attached hydrogens (tertiary/aromatic N) is 2. The summed E-state index contributed by atoms with van der Waals surface area (Å²) in [5.74, 6) is -1.33. The van der Waals surface area contributed by atoms with Crippen LogP contribution in [0.15, 0.2) is 30.3 Å². The molecule has 1 aromatic carbocycles. The lowest BCUT2D eigenvalue weighted by atomic mass is 10.1. The number of ether oxygens (including phenoxy) is 1. The van der Waals surface area contributed by atoms with E-state index in [1.165, 1.54) is 23.3 Å². The van der Waals surface area contributed by atoms with Crippen LogP contribution in [0.2, 0.25) is 0 Å². The van der Waals surface area contributed by atoms with Crippen molar-refractivity contribution in [1.82, 2.24) is 15.2 Å². The van der Waals surface area contributed by atoms with Crippen LogP contribution in [-0.4, -0.2) is 53.4 Å². The Kier molecular flexibility index (Phi) is 6.90. The van der Waals surface area contributed by atoms with E-state index in [4.69, 9.17) is 4.74 Å². The first-order valence-electron chi connectivity index (χ1n) is 8.82. The number of amides is 2. The minimum Gasteiger partial charge on any atom is -0.451 e. The third-order valence-corrected chi connectivity index (χ3v) is 4.84. The molecule has 0 aliphatic carbocycles. The first-order chi connectivity index (χ1) is 13.1. The molecule has 0 spiro atoms. The molecule has 150 valence electrons. The van der Waals surface area contributed by atoms with Gasteiger partial charge in [-0.2, -0.15) is 0 Å². The maximum Gasteiger partial charge on any atom is 0.350 e. The lowest BCUT2D eigenvalue weighted by Crippen LogP contribution is -2.46. The topological polar surface area (TPSA) is 88.6 Å². The fourth-order valence-corrected chi connectivity index (χ4v) is 3.32. The number of nitrogens with one attached hydrogen (secondary N) is 1. The normalized spacial score (nSPS) is 11.0. The van der Waals surface area contributed by atoms with Crippen molar-refractivity contribution in [2.45, 2.75) is 33.2 Å². The third kappa shape index (κ3) is 6.16. The van der Waals surface area contributed by atoms with Gasteiger partial charge in [-0.15, -0.1) is 11.3 Å². The summed E-state index contributed by atoms with van der Waals surface area (Å²) in [4.78, 5) is 42.4. The smallest absolute Gasteiger partial charge is 0.350 e. The lowest BCUT2D eigenvalue weighted by molar-refractivity contribution is -0.137.